The average molecular weight is 191 g/mol. The molecule has 2 rings (SSSR count). The number of rotatable bonds is 0. The molecule has 64 valence electrons. The Labute approximate surface area is 79.0 Å². The van der Waals surface area contributed by atoms with Crippen LogP contribution >= 0.6 is 11.3 Å². The van der Waals surface area contributed by atoms with Crippen molar-refractivity contribution < 1.29 is 4.39 Å². The normalized spacial score (nSPS) is 10.2. The molecule has 1 aromatic heterocycles. The molecule has 2 aromatic rings. The van der Waals surface area contributed by atoms with Crippen LogP contribution in [-0.2, 0) is 0 Å². The Morgan fingerprint density at radius 3 is 2.85 bits per heavy atom. The van der Waals surface area contributed by atoms with E-state index in [2.05, 4.69) is 6.07 Å². The van der Waals surface area contributed by atoms with E-state index in [4.69, 9.17) is 5.26 Å². The summed E-state index contributed by atoms with van der Waals surface area (Å²) in [7, 11) is 0. The summed E-state index contributed by atoms with van der Waals surface area (Å²) in [5.74, 6) is 0. The van der Waals surface area contributed by atoms with Gasteiger partial charge < -0.3 is 0 Å². The second-order valence-corrected chi connectivity index (χ2v) is 3.90. The maximum atomic E-state index is 12.9. The zero-order valence-electron chi connectivity index (χ0n) is 6.97. The molecule has 0 N–H and O–H groups in total. The summed E-state index contributed by atoms with van der Waals surface area (Å²) in [6, 6.07) is 7.19. The highest BCUT2D eigenvalue weighted by Gasteiger charge is 2.06. The van der Waals surface area contributed by atoms with Gasteiger partial charge in [0, 0.05) is 0 Å². The number of benzene rings is 1. The molecule has 0 saturated carbocycles. The Bertz CT molecular complexity index is 507. The summed E-state index contributed by atoms with van der Waals surface area (Å²) in [6.07, 6.45) is 0. The van der Waals surface area contributed by atoms with Crippen LogP contribution in [0, 0.1) is 23.4 Å². The molecule has 0 spiro atoms. The first kappa shape index (κ1) is 8.21. The Morgan fingerprint density at radius 2 is 2.15 bits per heavy atom. The minimum Gasteiger partial charge on any atom is -0.195 e. The average Bonchev–Trinajstić information content (AvgIpc) is 2.43. The minimum atomic E-state index is -0.239. The number of fused-ring (bicyclic) bond motifs is 1. The van der Waals surface area contributed by atoms with Crippen LogP contribution in [0.1, 0.15) is 11.1 Å². The predicted octanol–water partition coefficient (Wildman–Crippen LogP) is 3.22. The molecule has 0 aliphatic carbocycles. The van der Waals surface area contributed by atoms with Gasteiger partial charge in [0.1, 0.15) is 6.07 Å². The third-order valence-electron chi connectivity index (χ3n) is 1.85. The first-order chi connectivity index (χ1) is 6.20. The number of aryl methyl sites for hydroxylation is 1. The Morgan fingerprint density at radius 1 is 1.38 bits per heavy atom. The van der Waals surface area contributed by atoms with Crippen molar-refractivity contribution in [2.24, 2.45) is 0 Å². The van der Waals surface area contributed by atoms with E-state index in [9.17, 15) is 4.39 Å². The molecule has 0 bridgehead atoms. The number of halogens is 1. The van der Waals surface area contributed by atoms with Gasteiger partial charge in [0.05, 0.1) is 10.3 Å². The SMILES string of the molecule is Cc1cc(C#N)c2sc(F)cc2c1. The van der Waals surface area contributed by atoms with Crippen molar-refractivity contribution in [2.75, 3.05) is 0 Å². The largest absolute Gasteiger partial charge is 0.195 e. The van der Waals surface area contributed by atoms with Crippen molar-refractivity contribution in [2.45, 2.75) is 6.92 Å². The standard InChI is InChI=1S/C10H6FNS/c1-6-2-7-4-9(11)13-10(7)8(3-6)5-12/h2-4H,1H3. The molecule has 1 aromatic carbocycles. The zero-order chi connectivity index (χ0) is 9.42. The zero-order valence-corrected chi connectivity index (χ0v) is 7.78. The van der Waals surface area contributed by atoms with Gasteiger partial charge in [-0.05, 0) is 30.0 Å². The van der Waals surface area contributed by atoms with Crippen molar-refractivity contribution in [3.8, 4) is 6.07 Å². The van der Waals surface area contributed by atoms with Crippen LogP contribution in [-0.4, -0.2) is 0 Å². The van der Waals surface area contributed by atoms with E-state index in [0.29, 0.717) is 5.56 Å². The van der Waals surface area contributed by atoms with Gasteiger partial charge in [-0.3, -0.25) is 0 Å². The van der Waals surface area contributed by atoms with Crippen LogP contribution in [0.2, 0.25) is 0 Å². The molecule has 1 heterocycles. The lowest BCUT2D eigenvalue weighted by molar-refractivity contribution is 0.658. The van der Waals surface area contributed by atoms with E-state index < -0.39 is 0 Å². The molecule has 3 heteroatoms. The van der Waals surface area contributed by atoms with Crippen LogP contribution in [0.3, 0.4) is 0 Å². The lowest BCUT2D eigenvalue weighted by Crippen LogP contribution is -1.77. The first-order valence-corrected chi connectivity index (χ1v) is 4.62. The molecule has 0 atom stereocenters. The third kappa shape index (κ3) is 1.30. The fourth-order valence-corrected chi connectivity index (χ4v) is 2.19. The summed E-state index contributed by atoms with van der Waals surface area (Å²) in [4.78, 5) is 0. The van der Waals surface area contributed by atoms with Crippen molar-refractivity contribution in [1.29, 1.82) is 5.26 Å². The number of nitrogens with zero attached hydrogens (tertiary/aromatic N) is 1. The molecule has 13 heavy (non-hydrogen) atoms. The van der Waals surface area contributed by atoms with Crippen molar-refractivity contribution in [3.63, 3.8) is 0 Å². The highest BCUT2D eigenvalue weighted by molar-refractivity contribution is 7.17. The second-order valence-electron chi connectivity index (χ2n) is 2.89. The maximum Gasteiger partial charge on any atom is 0.177 e. The molecule has 0 unspecified atom stereocenters. The molecule has 0 aliphatic heterocycles. The minimum absolute atomic E-state index is 0.239. The van der Waals surface area contributed by atoms with Crippen molar-refractivity contribution in [1.82, 2.24) is 0 Å². The van der Waals surface area contributed by atoms with Gasteiger partial charge in [-0.25, -0.2) is 0 Å². The van der Waals surface area contributed by atoms with Crippen LogP contribution in [0.5, 0.6) is 0 Å². The van der Waals surface area contributed by atoms with Gasteiger partial charge in [0.15, 0.2) is 5.13 Å². The van der Waals surface area contributed by atoms with Gasteiger partial charge in [-0.1, -0.05) is 6.07 Å². The number of hydrogen-bond donors (Lipinski definition) is 0. The highest BCUT2D eigenvalue weighted by Crippen LogP contribution is 2.28. The van der Waals surface area contributed by atoms with Crippen molar-refractivity contribution >= 4 is 21.4 Å². The predicted molar refractivity (Wildman–Crippen MR) is 51.2 cm³/mol. The van der Waals surface area contributed by atoms with Crippen LogP contribution in [0.4, 0.5) is 4.39 Å². The van der Waals surface area contributed by atoms with E-state index in [1.165, 1.54) is 6.07 Å². The lowest BCUT2D eigenvalue weighted by Gasteiger charge is -1.94. The smallest absolute Gasteiger partial charge is 0.177 e. The fourth-order valence-electron chi connectivity index (χ4n) is 1.35. The second kappa shape index (κ2) is 2.82. The molecule has 0 saturated heterocycles. The topological polar surface area (TPSA) is 23.8 Å². The van der Waals surface area contributed by atoms with Gasteiger partial charge in [0.25, 0.3) is 0 Å². The van der Waals surface area contributed by atoms with Gasteiger partial charge in [0.2, 0.25) is 0 Å². The summed E-state index contributed by atoms with van der Waals surface area (Å²) >= 11 is 1.02. The Balaban J connectivity index is 2.90. The maximum absolute atomic E-state index is 12.9. The van der Waals surface area contributed by atoms with Crippen LogP contribution in [0.15, 0.2) is 18.2 Å². The van der Waals surface area contributed by atoms with Crippen LogP contribution < -0.4 is 0 Å². The highest BCUT2D eigenvalue weighted by atomic mass is 32.1. The number of nitriles is 1. The number of hydrogen-bond acceptors (Lipinski definition) is 2. The van der Waals surface area contributed by atoms with E-state index in [0.717, 1.165) is 27.0 Å². The van der Waals surface area contributed by atoms with E-state index in [-0.39, 0.29) is 5.13 Å². The van der Waals surface area contributed by atoms with Gasteiger partial charge >= 0.3 is 0 Å². The van der Waals surface area contributed by atoms with Gasteiger partial charge in [-0.2, -0.15) is 9.65 Å². The first-order valence-electron chi connectivity index (χ1n) is 3.80. The quantitative estimate of drug-likeness (QED) is 0.627. The summed E-state index contributed by atoms with van der Waals surface area (Å²) in [6.45, 7) is 1.90. The molecule has 1 nitrogen and oxygen atoms in total. The van der Waals surface area contributed by atoms with E-state index in [1.807, 2.05) is 13.0 Å². The Kier molecular flexibility index (Phi) is 1.78. The lowest BCUT2D eigenvalue weighted by atomic mass is 10.1. The molecule has 0 radical (unpaired) electrons. The molecular formula is C10H6FNS. The fraction of sp³-hybridized carbons (Fsp3) is 0.100. The summed E-state index contributed by atoms with van der Waals surface area (Å²) in [5, 5.41) is 9.38. The molecule has 0 fully saturated rings. The molecular weight excluding hydrogens is 185 g/mol. The van der Waals surface area contributed by atoms with E-state index in [1.54, 1.807) is 6.07 Å². The molecule has 0 aliphatic rings. The van der Waals surface area contributed by atoms with E-state index >= 15 is 0 Å². The van der Waals surface area contributed by atoms with Crippen LogP contribution in [0.25, 0.3) is 10.1 Å². The van der Waals surface area contributed by atoms with Gasteiger partial charge in [-0.15, -0.1) is 11.3 Å². The number of thiophene rings is 1. The summed E-state index contributed by atoms with van der Waals surface area (Å²) in [5.41, 5.74) is 1.55. The Hall–Kier alpha value is -1.40. The summed E-state index contributed by atoms with van der Waals surface area (Å²) < 4.78 is 13.6. The monoisotopic (exact) mass is 191 g/mol. The van der Waals surface area contributed by atoms with Crippen molar-refractivity contribution in [3.05, 3.63) is 34.5 Å². The third-order valence-corrected chi connectivity index (χ3v) is 2.82. The molecule has 0 amide bonds.